The van der Waals surface area contributed by atoms with Gasteiger partial charge >= 0.3 is 6.18 Å². The molecule has 5 heteroatoms. The number of nitrogens with zero attached hydrogens (tertiary/aromatic N) is 2. The predicted octanol–water partition coefficient (Wildman–Crippen LogP) is 3.87. The molecule has 3 rings (SSSR count). The molecule has 1 aliphatic heterocycles. The van der Waals surface area contributed by atoms with E-state index < -0.39 is 11.7 Å². The van der Waals surface area contributed by atoms with Crippen LogP contribution in [0, 0.1) is 5.92 Å². The standard InChI is InChI=1S/C14H17F3N2/c15-14(16,17)11-5-6-13(18-9-11)19-8-7-10-3-1-2-4-12(10)19/h5-6,9-10,12H,1-4,7-8H2. The van der Waals surface area contributed by atoms with Crippen LogP contribution in [-0.2, 0) is 6.18 Å². The number of pyridine rings is 1. The lowest BCUT2D eigenvalue weighted by Crippen LogP contribution is -2.35. The third-order valence-corrected chi connectivity index (χ3v) is 4.38. The van der Waals surface area contributed by atoms with Crippen LogP contribution in [0.4, 0.5) is 19.0 Å². The molecule has 0 spiro atoms. The van der Waals surface area contributed by atoms with Gasteiger partial charge in [-0.2, -0.15) is 13.2 Å². The Morgan fingerprint density at radius 1 is 1.11 bits per heavy atom. The zero-order valence-electron chi connectivity index (χ0n) is 10.7. The minimum absolute atomic E-state index is 0.484. The molecule has 104 valence electrons. The van der Waals surface area contributed by atoms with E-state index in [-0.39, 0.29) is 0 Å². The molecule has 2 fully saturated rings. The van der Waals surface area contributed by atoms with E-state index >= 15 is 0 Å². The van der Waals surface area contributed by atoms with E-state index in [1.807, 2.05) is 0 Å². The lowest BCUT2D eigenvalue weighted by molar-refractivity contribution is -0.137. The monoisotopic (exact) mass is 270 g/mol. The molecule has 0 radical (unpaired) electrons. The predicted molar refractivity (Wildman–Crippen MR) is 66.9 cm³/mol. The Balaban J connectivity index is 1.79. The Kier molecular flexibility index (Phi) is 3.15. The lowest BCUT2D eigenvalue weighted by atomic mass is 9.85. The van der Waals surface area contributed by atoms with Crippen molar-refractivity contribution in [2.24, 2.45) is 5.92 Å². The summed E-state index contributed by atoms with van der Waals surface area (Å²) in [6.07, 6.45) is 2.70. The van der Waals surface area contributed by atoms with Gasteiger partial charge in [0.25, 0.3) is 0 Å². The van der Waals surface area contributed by atoms with Gasteiger partial charge in [0.1, 0.15) is 5.82 Å². The molecule has 2 heterocycles. The van der Waals surface area contributed by atoms with Gasteiger partial charge < -0.3 is 4.90 Å². The molecule has 1 aromatic rings. The number of fused-ring (bicyclic) bond motifs is 1. The number of rotatable bonds is 1. The maximum Gasteiger partial charge on any atom is 0.417 e. The zero-order valence-corrected chi connectivity index (χ0v) is 10.7. The fraction of sp³-hybridized carbons (Fsp3) is 0.643. The fourth-order valence-electron chi connectivity index (χ4n) is 3.41. The highest BCUT2D eigenvalue weighted by Gasteiger charge is 2.37. The largest absolute Gasteiger partial charge is 0.417 e. The Morgan fingerprint density at radius 2 is 1.89 bits per heavy atom. The van der Waals surface area contributed by atoms with Crippen LogP contribution in [0.2, 0.25) is 0 Å². The molecular formula is C14H17F3N2. The van der Waals surface area contributed by atoms with Crippen molar-refractivity contribution in [2.45, 2.75) is 44.3 Å². The van der Waals surface area contributed by atoms with E-state index in [9.17, 15) is 13.2 Å². The van der Waals surface area contributed by atoms with Crippen molar-refractivity contribution in [1.29, 1.82) is 0 Å². The minimum atomic E-state index is -4.30. The molecule has 0 bridgehead atoms. The summed E-state index contributed by atoms with van der Waals surface area (Å²) in [5.74, 6) is 1.40. The van der Waals surface area contributed by atoms with Gasteiger partial charge in [0.05, 0.1) is 5.56 Å². The van der Waals surface area contributed by atoms with Crippen molar-refractivity contribution in [3.63, 3.8) is 0 Å². The molecule has 1 saturated heterocycles. The first-order valence-corrected chi connectivity index (χ1v) is 6.85. The van der Waals surface area contributed by atoms with Crippen molar-refractivity contribution in [3.05, 3.63) is 23.9 Å². The van der Waals surface area contributed by atoms with Gasteiger partial charge in [0.15, 0.2) is 0 Å². The van der Waals surface area contributed by atoms with Gasteiger partial charge in [0, 0.05) is 18.8 Å². The maximum atomic E-state index is 12.5. The molecule has 1 aromatic heterocycles. The van der Waals surface area contributed by atoms with Crippen molar-refractivity contribution < 1.29 is 13.2 Å². The Morgan fingerprint density at radius 3 is 2.58 bits per heavy atom. The fourth-order valence-corrected chi connectivity index (χ4v) is 3.41. The summed E-state index contributed by atoms with van der Waals surface area (Å²) in [5.41, 5.74) is -0.671. The number of aromatic nitrogens is 1. The molecule has 2 atom stereocenters. The van der Waals surface area contributed by atoms with Crippen LogP contribution in [0.25, 0.3) is 0 Å². The first-order valence-electron chi connectivity index (χ1n) is 6.85. The van der Waals surface area contributed by atoms with Crippen LogP contribution in [0.1, 0.15) is 37.7 Å². The van der Waals surface area contributed by atoms with Crippen molar-refractivity contribution in [3.8, 4) is 0 Å². The molecule has 0 N–H and O–H groups in total. The molecular weight excluding hydrogens is 253 g/mol. The third kappa shape index (κ3) is 2.42. The molecule has 0 amide bonds. The Labute approximate surface area is 110 Å². The minimum Gasteiger partial charge on any atom is -0.353 e. The van der Waals surface area contributed by atoms with Crippen molar-refractivity contribution in [2.75, 3.05) is 11.4 Å². The van der Waals surface area contributed by atoms with Crippen molar-refractivity contribution >= 4 is 5.82 Å². The molecule has 1 saturated carbocycles. The van der Waals surface area contributed by atoms with Crippen LogP contribution >= 0.6 is 0 Å². The highest BCUT2D eigenvalue weighted by Crippen LogP contribution is 2.38. The molecule has 2 aliphatic rings. The Hall–Kier alpha value is -1.26. The second-order valence-corrected chi connectivity index (χ2v) is 5.50. The first kappa shape index (κ1) is 12.8. The summed E-state index contributed by atoms with van der Waals surface area (Å²) >= 11 is 0. The Bertz CT molecular complexity index is 441. The van der Waals surface area contributed by atoms with E-state index in [2.05, 4.69) is 9.88 Å². The summed E-state index contributed by atoms with van der Waals surface area (Å²) in [4.78, 5) is 6.22. The average Bonchev–Trinajstić information content (AvgIpc) is 2.82. The zero-order chi connectivity index (χ0) is 13.5. The normalized spacial score (nSPS) is 27.4. The average molecular weight is 270 g/mol. The molecule has 0 aromatic carbocycles. The van der Waals surface area contributed by atoms with E-state index in [4.69, 9.17) is 0 Å². The number of anilines is 1. The van der Waals surface area contributed by atoms with Crippen molar-refractivity contribution in [1.82, 2.24) is 4.98 Å². The molecule has 19 heavy (non-hydrogen) atoms. The summed E-state index contributed by atoms with van der Waals surface area (Å²) in [5, 5.41) is 0. The van der Waals surface area contributed by atoms with E-state index in [0.29, 0.717) is 17.8 Å². The summed E-state index contributed by atoms with van der Waals surface area (Å²) in [7, 11) is 0. The summed E-state index contributed by atoms with van der Waals surface area (Å²) in [6.45, 7) is 0.924. The summed E-state index contributed by atoms with van der Waals surface area (Å²) in [6, 6.07) is 3.14. The van der Waals surface area contributed by atoms with Gasteiger partial charge in [-0.05, 0) is 37.3 Å². The third-order valence-electron chi connectivity index (χ3n) is 4.38. The molecule has 2 nitrogen and oxygen atoms in total. The highest BCUT2D eigenvalue weighted by molar-refractivity contribution is 5.43. The maximum absolute atomic E-state index is 12.5. The summed E-state index contributed by atoms with van der Waals surface area (Å²) < 4.78 is 37.5. The molecule has 1 aliphatic carbocycles. The highest BCUT2D eigenvalue weighted by atomic mass is 19.4. The van der Waals surface area contributed by atoms with Crippen LogP contribution < -0.4 is 4.90 Å². The van der Waals surface area contributed by atoms with Gasteiger partial charge in [-0.1, -0.05) is 12.8 Å². The number of hydrogen-bond donors (Lipinski definition) is 0. The SMILES string of the molecule is FC(F)(F)c1ccc(N2CCC3CCCCC32)nc1. The van der Waals surface area contributed by atoms with E-state index in [0.717, 1.165) is 31.6 Å². The second kappa shape index (κ2) is 4.69. The number of hydrogen-bond acceptors (Lipinski definition) is 2. The smallest absolute Gasteiger partial charge is 0.353 e. The first-order chi connectivity index (χ1) is 9.05. The van der Waals surface area contributed by atoms with E-state index in [1.54, 1.807) is 0 Å². The second-order valence-electron chi connectivity index (χ2n) is 5.50. The van der Waals surface area contributed by atoms with Crippen LogP contribution in [-0.4, -0.2) is 17.6 Å². The van der Waals surface area contributed by atoms with Crippen LogP contribution in [0.5, 0.6) is 0 Å². The number of alkyl halides is 3. The van der Waals surface area contributed by atoms with Crippen LogP contribution in [0.3, 0.4) is 0 Å². The van der Waals surface area contributed by atoms with E-state index in [1.165, 1.54) is 25.3 Å². The van der Waals surface area contributed by atoms with Gasteiger partial charge in [-0.3, -0.25) is 0 Å². The lowest BCUT2D eigenvalue weighted by Gasteiger charge is -2.32. The quantitative estimate of drug-likeness (QED) is 0.770. The topological polar surface area (TPSA) is 16.1 Å². The van der Waals surface area contributed by atoms with Gasteiger partial charge in [-0.25, -0.2) is 4.98 Å². The van der Waals surface area contributed by atoms with Gasteiger partial charge in [-0.15, -0.1) is 0 Å². The van der Waals surface area contributed by atoms with Crippen LogP contribution in [0.15, 0.2) is 18.3 Å². The molecule has 2 unspecified atom stereocenters. The number of halogens is 3. The van der Waals surface area contributed by atoms with Gasteiger partial charge in [0.2, 0.25) is 0 Å².